The Morgan fingerprint density at radius 2 is 1.88 bits per heavy atom. The number of aromatic nitrogens is 1. The van der Waals surface area contributed by atoms with Crippen molar-refractivity contribution in [3.63, 3.8) is 0 Å². The zero-order valence-electron chi connectivity index (χ0n) is 8.36. The van der Waals surface area contributed by atoms with Crippen molar-refractivity contribution in [2.75, 3.05) is 0 Å². The van der Waals surface area contributed by atoms with Crippen molar-refractivity contribution >= 4 is 35.0 Å². The number of rotatable bonds is 3. The minimum absolute atomic E-state index is 0.429. The summed E-state index contributed by atoms with van der Waals surface area (Å²) >= 11 is 13.5. The molecule has 0 amide bonds. The highest BCUT2D eigenvalue weighted by atomic mass is 35.5. The molecule has 16 heavy (non-hydrogen) atoms. The van der Waals surface area contributed by atoms with Crippen LogP contribution in [-0.4, -0.2) is 4.98 Å². The Kier molecular flexibility index (Phi) is 4.10. The fraction of sp³-hybridized carbons (Fsp3) is 0.0833. The summed E-state index contributed by atoms with van der Waals surface area (Å²) in [7, 11) is 0. The smallest absolute Gasteiger partial charge is 0.130 e. The largest absolute Gasteiger partial charge is 0.244 e. The maximum Gasteiger partial charge on any atom is 0.130 e. The molecule has 0 aliphatic carbocycles. The summed E-state index contributed by atoms with van der Waals surface area (Å²) in [5.41, 5.74) is 1.000. The molecule has 4 heteroatoms. The molecule has 0 atom stereocenters. The van der Waals surface area contributed by atoms with E-state index >= 15 is 0 Å². The van der Waals surface area contributed by atoms with E-state index in [2.05, 4.69) is 17.1 Å². The third-order valence-corrected chi connectivity index (χ3v) is 3.65. The van der Waals surface area contributed by atoms with Gasteiger partial charge in [0.05, 0.1) is 0 Å². The number of hydrogen-bond donors (Lipinski definition) is 0. The maximum absolute atomic E-state index is 6.06. The topological polar surface area (TPSA) is 12.9 Å². The minimum Gasteiger partial charge on any atom is -0.244 e. The van der Waals surface area contributed by atoms with Crippen LogP contribution in [0.3, 0.4) is 0 Å². The van der Waals surface area contributed by atoms with Crippen molar-refractivity contribution in [2.45, 2.75) is 10.6 Å². The van der Waals surface area contributed by atoms with Crippen molar-refractivity contribution in [3.8, 4) is 0 Å². The lowest BCUT2D eigenvalue weighted by Gasteiger charge is -2.03. The number of thioether (sulfide) groups is 1. The van der Waals surface area contributed by atoms with Crippen LogP contribution < -0.4 is 0 Å². The van der Waals surface area contributed by atoms with Gasteiger partial charge in [0.15, 0.2) is 0 Å². The molecule has 0 spiro atoms. The Morgan fingerprint density at radius 3 is 2.56 bits per heavy atom. The van der Waals surface area contributed by atoms with E-state index in [1.54, 1.807) is 24.0 Å². The number of hydrogen-bond acceptors (Lipinski definition) is 2. The van der Waals surface area contributed by atoms with Crippen LogP contribution in [0.2, 0.25) is 10.2 Å². The molecule has 82 valence electrons. The number of nitrogens with zero attached hydrogens (tertiary/aromatic N) is 1. The minimum atomic E-state index is 0.429. The van der Waals surface area contributed by atoms with Crippen molar-refractivity contribution in [2.24, 2.45) is 0 Å². The predicted molar refractivity (Wildman–Crippen MR) is 70.3 cm³/mol. The zero-order valence-corrected chi connectivity index (χ0v) is 10.7. The van der Waals surface area contributed by atoms with Crippen LogP contribution in [0.15, 0.2) is 47.5 Å². The standard InChI is InChI=1S/C12H9Cl2NS/c13-11-6-12(14)15-7-9(11)8-16-10-4-2-1-3-5-10/h1-7H,8H2. The van der Waals surface area contributed by atoms with Crippen LogP contribution >= 0.6 is 35.0 Å². The van der Waals surface area contributed by atoms with Crippen LogP contribution in [-0.2, 0) is 5.75 Å². The highest BCUT2D eigenvalue weighted by Gasteiger charge is 2.03. The molecule has 0 saturated carbocycles. The normalized spacial score (nSPS) is 10.4. The first-order valence-corrected chi connectivity index (χ1v) is 6.47. The third kappa shape index (κ3) is 3.14. The maximum atomic E-state index is 6.06. The second-order valence-electron chi connectivity index (χ2n) is 3.20. The fourth-order valence-electron chi connectivity index (χ4n) is 1.22. The van der Waals surface area contributed by atoms with E-state index < -0.39 is 0 Å². The first-order valence-electron chi connectivity index (χ1n) is 4.73. The SMILES string of the molecule is Clc1cc(Cl)c(CSc2ccccc2)cn1. The summed E-state index contributed by atoms with van der Waals surface area (Å²) in [6, 6.07) is 11.9. The lowest BCUT2D eigenvalue weighted by molar-refractivity contribution is 1.25. The van der Waals surface area contributed by atoms with Crippen LogP contribution in [0.5, 0.6) is 0 Å². The molecule has 2 rings (SSSR count). The van der Waals surface area contributed by atoms with Gasteiger partial charge in [-0.2, -0.15) is 0 Å². The van der Waals surface area contributed by atoms with Gasteiger partial charge in [0.2, 0.25) is 0 Å². The van der Waals surface area contributed by atoms with Gasteiger partial charge in [0.1, 0.15) is 5.15 Å². The molecule has 1 nitrogen and oxygen atoms in total. The molecule has 1 aromatic heterocycles. The van der Waals surface area contributed by atoms with Gasteiger partial charge in [-0.3, -0.25) is 0 Å². The fourth-order valence-corrected chi connectivity index (χ4v) is 2.63. The third-order valence-electron chi connectivity index (χ3n) is 2.03. The van der Waals surface area contributed by atoms with Gasteiger partial charge in [0, 0.05) is 21.9 Å². The van der Waals surface area contributed by atoms with Gasteiger partial charge in [-0.25, -0.2) is 4.98 Å². The molecule has 0 N–H and O–H groups in total. The van der Waals surface area contributed by atoms with E-state index in [0.717, 1.165) is 11.3 Å². The molecule has 0 bridgehead atoms. The van der Waals surface area contributed by atoms with Crippen molar-refractivity contribution in [1.82, 2.24) is 4.98 Å². The average molecular weight is 270 g/mol. The Labute approximate surface area is 109 Å². The molecule has 0 radical (unpaired) electrons. The Hall–Kier alpha value is -0.700. The van der Waals surface area contributed by atoms with E-state index in [1.165, 1.54) is 4.90 Å². The van der Waals surface area contributed by atoms with E-state index in [0.29, 0.717) is 10.2 Å². The van der Waals surface area contributed by atoms with Gasteiger partial charge in [-0.1, -0.05) is 41.4 Å². The number of pyridine rings is 1. The highest BCUT2D eigenvalue weighted by molar-refractivity contribution is 7.98. The van der Waals surface area contributed by atoms with E-state index in [9.17, 15) is 0 Å². The molecule has 0 aliphatic heterocycles. The first kappa shape index (κ1) is 11.8. The molecule has 0 fully saturated rings. The number of halogens is 2. The summed E-state index contributed by atoms with van der Waals surface area (Å²) in [6.07, 6.45) is 1.72. The van der Waals surface area contributed by atoms with Crippen LogP contribution in [0, 0.1) is 0 Å². The van der Waals surface area contributed by atoms with Crippen LogP contribution in [0.4, 0.5) is 0 Å². The summed E-state index contributed by atoms with van der Waals surface area (Å²) < 4.78 is 0. The second kappa shape index (κ2) is 5.58. The number of benzene rings is 1. The van der Waals surface area contributed by atoms with Gasteiger partial charge in [0.25, 0.3) is 0 Å². The molecule has 2 aromatic rings. The highest BCUT2D eigenvalue weighted by Crippen LogP contribution is 2.27. The van der Waals surface area contributed by atoms with Gasteiger partial charge in [-0.05, 0) is 23.8 Å². The van der Waals surface area contributed by atoms with Crippen LogP contribution in [0.25, 0.3) is 0 Å². The quantitative estimate of drug-likeness (QED) is 0.593. The zero-order chi connectivity index (χ0) is 11.4. The summed E-state index contributed by atoms with van der Waals surface area (Å²) in [5, 5.41) is 1.10. The van der Waals surface area contributed by atoms with Crippen LogP contribution in [0.1, 0.15) is 5.56 Å². The van der Waals surface area contributed by atoms with E-state index in [1.807, 2.05) is 18.2 Å². The molecule has 1 aromatic carbocycles. The average Bonchev–Trinajstić information content (AvgIpc) is 2.29. The predicted octanol–water partition coefficient (Wildman–Crippen LogP) is 4.68. The van der Waals surface area contributed by atoms with Gasteiger partial charge in [-0.15, -0.1) is 11.8 Å². The second-order valence-corrected chi connectivity index (χ2v) is 5.04. The van der Waals surface area contributed by atoms with E-state index in [4.69, 9.17) is 23.2 Å². The molecule has 0 aliphatic rings. The lowest BCUT2D eigenvalue weighted by atomic mass is 10.3. The van der Waals surface area contributed by atoms with Crippen molar-refractivity contribution < 1.29 is 0 Å². The summed E-state index contributed by atoms with van der Waals surface area (Å²) in [5.74, 6) is 0.799. The molecule has 0 unspecified atom stereocenters. The molecular formula is C12H9Cl2NS. The van der Waals surface area contributed by atoms with Gasteiger partial charge < -0.3 is 0 Å². The molecular weight excluding hydrogens is 261 g/mol. The Morgan fingerprint density at radius 1 is 1.12 bits per heavy atom. The summed E-state index contributed by atoms with van der Waals surface area (Å²) in [4.78, 5) is 5.24. The lowest BCUT2D eigenvalue weighted by Crippen LogP contribution is -1.85. The monoisotopic (exact) mass is 269 g/mol. The Balaban J connectivity index is 2.05. The Bertz CT molecular complexity index is 474. The van der Waals surface area contributed by atoms with Crippen molar-refractivity contribution in [3.05, 3.63) is 58.3 Å². The van der Waals surface area contributed by atoms with Gasteiger partial charge >= 0.3 is 0 Å². The molecule has 1 heterocycles. The molecule has 0 saturated heterocycles. The summed E-state index contributed by atoms with van der Waals surface area (Å²) in [6.45, 7) is 0. The van der Waals surface area contributed by atoms with E-state index in [-0.39, 0.29) is 0 Å². The van der Waals surface area contributed by atoms with Crippen molar-refractivity contribution in [1.29, 1.82) is 0 Å². The first-order chi connectivity index (χ1) is 7.75.